The predicted molar refractivity (Wildman–Crippen MR) is 123 cm³/mol. The lowest BCUT2D eigenvalue weighted by Crippen LogP contribution is -2.52. The van der Waals surface area contributed by atoms with E-state index in [2.05, 4.69) is 38.2 Å². The molecule has 0 aromatic heterocycles. The van der Waals surface area contributed by atoms with E-state index in [0.717, 1.165) is 18.4 Å². The molecule has 1 amide bonds. The number of nitrogens with one attached hydrogen (secondary N) is 1. The maximum atomic E-state index is 13.6. The van der Waals surface area contributed by atoms with Gasteiger partial charge >= 0.3 is 5.97 Å². The summed E-state index contributed by atoms with van der Waals surface area (Å²) in [5.74, 6) is -0.465. The fourth-order valence-electron chi connectivity index (χ4n) is 3.90. The van der Waals surface area contributed by atoms with Gasteiger partial charge in [-0.15, -0.1) is 0 Å². The highest BCUT2D eigenvalue weighted by Crippen LogP contribution is 2.41. The zero-order valence-electron chi connectivity index (χ0n) is 18.0. The van der Waals surface area contributed by atoms with Gasteiger partial charge in [-0.3, -0.25) is 4.79 Å². The van der Waals surface area contributed by atoms with Crippen molar-refractivity contribution in [1.82, 2.24) is 5.32 Å². The fourth-order valence-corrected chi connectivity index (χ4v) is 4.99. The average Bonchev–Trinajstić information content (AvgIpc) is 2.71. The number of fused-ring (bicyclic) bond motifs is 1. The number of carboxylic acid groups (broad SMARTS) is 1. The molecule has 2 aromatic carbocycles. The molecule has 160 valence electrons. The number of benzene rings is 2. The van der Waals surface area contributed by atoms with Crippen molar-refractivity contribution in [2.45, 2.75) is 57.2 Å². The lowest BCUT2D eigenvalue weighted by Gasteiger charge is -2.39. The van der Waals surface area contributed by atoms with E-state index in [-0.39, 0.29) is 17.1 Å². The topological polar surface area (TPSA) is 66.4 Å². The first-order valence-electron chi connectivity index (χ1n) is 10.5. The summed E-state index contributed by atoms with van der Waals surface area (Å²) in [6.45, 7) is 6.44. The third-order valence-corrected chi connectivity index (χ3v) is 7.23. The first-order chi connectivity index (χ1) is 14.2. The molecule has 2 aromatic rings. The Morgan fingerprint density at radius 1 is 1.07 bits per heavy atom. The smallest absolute Gasteiger partial charge is 0.326 e. The maximum absolute atomic E-state index is 13.6. The second kappa shape index (κ2) is 9.25. The zero-order valence-corrected chi connectivity index (χ0v) is 18.8. The zero-order chi connectivity index (χ0) is 21.8. The molecular weight excluding hydrogens is 394 g/mol. The van der Waals surface area contributed by atoms with Crippen LogP contribution in [0.2, 0.25) is 0 Å². The van der Waals surface area contributed by atoms with Crippen LogP contribution in [0.5, 0.6) is 0 Å². The SMILES string of the molecule is CC(C)(C)SCC1(C(=O)N[C@@H](Cc2ccccc2)C(=O)O)CCc2ccccc2C1. The highest BCUT2D eigenvalue weighted by Gasteiger charge is 2.43. The molecule has 0 spiro atoms. The van der Waals surface area contributed by atoms with Gasteiger partial charge in [0.2, 0.25) is 5.91 Å². The molecule has 3 rings (SSSR count). The largest absolute Gasteiger partial charge is 0.480 e. The Kier molecular flexibility index (Phi) is 6.91. The predicted octanol–water partition coefficient (Wildman–Crippen LogP) is 4.51. The van der Waals surface area contributed by atoms with Crippen molar-refractivity contribution in [3.05, 3.63) is 71.3 Å². The minimum atomic E-state index is -0.998. The van der Waals surface area contributed by atoms with Gasteiger partial charge in [-0.2, -0.15) is 11.8 Å². The highest BCUT2D eigenvalue weighted by atomic mass is 32.2. The van der Waals surface area contributed by atoms with Crippen LogP contribution in [0.4, 0.5) is 0 Å². The van der Waals surface area contributed by atoms with Gasteiger partial charge in [-0.05, 0) is 36.0 Å². The number of aliphatic carboxylic acids is 1. The standard InChI is InChI=1S/C25H31NO3S/c1-24(2,3)30-17-25(14-13-19-11-7-8-12-20(19)16-25)23(29)26-21(22(27)28)15-18-9-5-4-6-10-18/h4-12,21H,13-17H2,1-3H3,(H,26,29)(H,27,28)/t21-,25?/m0/s1. The number of hydrogen-bond donors (Lipinski definition) is 2. The van der Waals surface area contributed by atoms with E-state index in [9.17, 15) is 14.7 Å². The minimum Gasteiger partial charge on any atom is -0.480 e. The van der Waals surface area contributed by atoms with Crippen LogP contribution in [-0.4, -0.2) is 33.5 Å². The first kappa shape index (κ1) is 22.4. The number of carbonyl (C=O) groups excluding carboxylic acids is 1. The maximum Gasteiger partial charge on any atom is 0.326 e. The summed E-state index contributed by atoms with van der Waals surface area (Å²) in [5, 5.41) is 12.7. The van der Waals surface area contributed by atoms with Crippen molar-refractivity contribution in [2.24, 2.45) is 5.41 Å². The summed E-state index contributed by atoms with van der Waals surface area (Å²) < 4.78 is 0.0283. The van der Waals surface area contributed by atoms with Crippen LogP contribution in [0, 0.1) is 5.41 Å². The molecule has 0 saturated carbocycles. The number of amides is 1. The lowest BCUT2D eigenvalue weighted by atomic mass is 9.72. The van der Waals surface area contributed by atoms with Gasteiger partial charge in [0, 0.05) is 16.9 Å². The molecule has 5 heteroatoms. The molecule has 2 atom stereocenters. The molecule has 0 bridgehead atoms. The van der Waals surface area contributed by atoms with Crippen LogP contribution >= 0.6 is 11.8 Å². The lowest BCUT2D eigenvalue weighted by molar-refractivity contribution is -0.143. The number of rotatable bonds is 7. The van der Waals surface area contributed by atoms with E-state index in [1.807, 2.05) is 42.5 Å². The van der Waals surface area contributed by atoms with E-state index >= 15 is 0 Å². The van der Waals surface area contributed by atoms with E-state index in [4.69, 9.17) is 0 Å². The molecule has 0 radical (unpaired) electrons. The van der Waals surface area contributed by atoms with Crippen LogP contribution < -0.4 is 5.32 Å². The number of aryl methyl sites for hydroxylation is 1. The van der Waals surface area contributed by atoms with Crippen molar-refractivity contribution < 1.29 is 14.7 Å². The van der Waals surface area contributed by atoms with Gasteiger partial charge in [0.15, 0.2) is 0 Å². The molecule has 0 aliphatic heterocycles. The molecule has 0 saturated heterocycles. The van der Waals surface area contributed by atoms with Crippen LogP contribution in [-0.2, 0) is 28.9 Å². The Hall–Kier alpha value is -2.27. The Morgan fingerprint density at radius 3 is 2.33 bits per heavy atom. The van der Waals surface area contributed by atoms with Crippen LogP contribution in [0.25, 0.3) is 0 Å². The molecule has 0 fully saturated rings. The number of hydrogen-bond acceptors (Lipinski definition) is 3. The van der Waals surface area contributed by atoms with Crippen molar-refractivity contribution in [3.8, 4) is 0 Å². The summed E-state index contributed by atoms with van der Waals surface area (Å²) in [7, 11) is 0. The second-order valence-corrected chi connectivity index (χ2v) is 11.0. The van der Waals surface area contributed by atoms with E-state index < -0.39 is 17.4 Å². The normalized spacial score (nSPS) is 19.6. The molecule has 4 nitrogen and oxygen atoms in total. The fraction of sp³-hybridized carbons (Fsp3) is 0.440. The third kappa shape index (κ3) is 5.66. The quantitative estimate of drug-likeness (QED) is 0.685. The van der Waals surface area contributed by atoms with Gasteiger partial charge in [0.05, 0.1) is 5.41 Å². The molecular formula is C25H31NO3S. The van der Waals surface area contributed by atoms with E-state index in [1.54, 1.807) is 11.8 Å². The number of carbonyl (C=O) groups is 2. The Morgan fingerprint density at radius 2 is 1.70 bits per heavy atom. The van der Waals surface area contributed by atoms with Gasteiger partial charge in [-0.25, -0.2) is 4.79 Å². The minimum absolute atomic E-state index is 0.0283. The van der Waals surface area contributed by atoms with Gasteiger partial charge in [0.25, 0.3) is 0 Å². The summed E-state index contributed by atoms with van der Waals surface area (Å²) in [4.78, 5) is 25.5. The van der Waals surface area contributed by atoms with Crippen molar-refractivity contribution in [3.63, 3.8) is 0 Å². The average molecular weight is 426 g/mol. The molecule has 1 unspecified atom stereocenters. The second-order valence-electron chi connectivity index (χ2n) is 9.18. The van der Waals surface area contributed by atoms with Crippen LogP contribution in [0.1, 0.15) is 43.9 Å². The Bertz CT molecular complexity index is 891. The number of carboxylic acids is 1. The van der Waals surface area contributed by atoms with Gasteiger partial charge < -0.3 is 10.4 Å². The van der Waals surface area contributed by atoms with Crippen molar-refractivity contribution in [2.75, 3.05) is 5.75 Å². The Labute approximate surface area is 183 Å². The van der Waals surface area contributed by atoms with Gasteiger partial charge in [0.1, 0.15) is 6.04 Å². The van der Waals surface area contributed by atoms with E-state index in [1.165, 1.54) is 11.1 Å². The van der Waals surface area contributed by atoms with Crippen LogP contribution in [0.15, 0.2) is 54.6 Å². The Balaban J connectivity index is 1.83. The molecule has 0 heterocycles. The first-order valence-corrected chi connectivity index (χ1v) is 11.5. The molecule has 30 heavy (non-hydrogen) atoms. The highest BCUT2D eigenvalue weighted by molar-refractivity contribution is 8.00. The molecule has 2 N–H and O–H groups in total. The summed E-state index contributed by atoms with van der Waals surface area (Å²) in [5.41, 5.74) is 2.79. The monoisotopic (exact) mass is 425 g/mol. The summed E-state index contributed by atoms with van der Waals surface area (Å²) >= 11 is 1.77. The van der Waals surface area contributed by atoms with Crippen molar-refractivity contribution >= 4 is 23.6 Å². The van der Waals surface area contributed by atoms with E-state index in [0.29, 0.717) is 12.2 Å². The molecule has 1 aliphatic rings. The molecule has 1 aliphatic carbocycles. The number of thioether (sulfide) groups is 1. The van der Waals surface area contributed by atoms with Crippen LogP contribution in [0.3, 0.4) is 0 Å². The van der Waals surface area contributed by atoms with Gasteiger partial charge in [-0.1, -0.05) is 75.4 Å². The van der Waals surface area contributed by atoms with Crippen molar-refractivity contribution in [1.29, 1.82) is 0 Å². The third-order valence-electron chi connectivity index (χ3n) is 5.67. The summed E-state index contributed by atoms with van der Waals surface area (Å²) in [6, 6.07) is 16.8. The summed E-state index contributed by atoms with van der Waals surface area (Å²) in [6.07, 6.45) is 2.50.